The molecule has 2 unspecified atom stereocenters. The monoisotopic (exact) mass is 268 g/mol. The molecular weight excluding hydrogens is 244 g/mol. The van der Waals surface area contributed by atoms with Crippen LogP contribution >= 0.6 is 11.8 Å². The highest BCUT2D eigenvalue weighted by atomic mass is 32.2. The lowest BCUT2D eigenvalue weighted by molar-refractivity contribution is 0.175. The second-order valence-electron chi connectivity index (χ2n) is 5.76. The van der Waals surface area contributed by atoms with E-state index in [4.69, 9.17) is 0 Å². The van der Waals surface area contributed by atoms with Crippen molar-refractivity contribution in [3.63, 3.8) is 0 Å². The van der Waals surface area contributed by atoms with E-state index >= 15 is 0 Å². The first kappa shape index (κ1) is 13.9. The number of nitrogens with zero attached hydrogens (tertiary/aromatic N) is 2. The van der Waals surface area contributed by atoms with Crippen molar-refractivity contribution in [1.82, 2.24) is 20.5 Å². The molecule has 0 aromatic carbocycles. The molecule has 0 bridgehead atoms. The Hall–Kier alpha value is -0.550. The summed E-state index contributed by atoms with van der Waals surface area (Å²) in [6, 6.07) is 0.557. The van der Waals surface area contributed by atoms with Crippen molar-refractivity contribution in [2.24, 2.45) is 5.41 Å². The second-order valence-corrected chi connectivity index (χ2v) is 6.99. The topological polar surface area (TPSA) is 53.6 Å². The molecule has 102 valence electrons. The third-order valence-electron chi connectivity index (χ3n) is 3.79. The highest BCUT2D eigenvalue weighted by Gasteiger charge is 2.39. The summed E-state index contributed by atoms with van der Waals surface area (Å²) < 4.78 is 0. The molecule has 1 fully saturated rings. The molecule has 2 rings (SSSR count). The number of thioether (sulfide) groups is 1. The van der Waals surface area contributed by atoms with Crippen molar-refractivity contribution >= 4 is 11.8 Å². The summed E-state index contributed by atoms with van der Waals surface area (Å²) in [6.07, 6.45) is 6.65. The molecule has 1 aliphatic rings. The van der Waals surface area contributed by atoms with Crippen molar-refractivity contribution in [2.75, 3.05) is 6.54 Å². The minimum atomic E-state index is 0.366. The summed E-state index contributed by atoms with van der Waals surface area (Å²) in [5.41, 5.74) is 0.366. The van der Waals surface area contributed by atoms with E-state index < -0.39 is 0 Å². The van der Waals surface area contributed by atoms with Crippen LogP contribution in [0.4, 0.5) is 0 Å². The Kier molecular flexibility index (Phi) is 4.67. The van der Waals surface area contributed by atoms with Crippen molar-refractivity contribution in [3.8, 4) is 0 Å². The first-order valence-electron chi connectivity index (χ1n) is 6.89. The number of hydrogen-bond acceptors (Lipinski definition) is 4. The van der Waals surface area contributed by atoms with Gasteiger partial charge in [0.25, 0.3) is 0 Å². The minimum absolute atomic E-state index is 0.366. The predicted octanol–water partition coefficient (Wildman–Crippen LogP) is 2.84. The number of rotatable bonds is 5. The summed E-state index contributed by atoms with van der Waals surface area (Å²) in [5, 5.41) is 12.2. The van der Waals surface area contributed by atoms with Gasteiger partial charge in [-0.05, 0) is 31.2 Å². The van der Waals surface area contributed by atoms with Crippen LogP contribution in [0.15, 0.2) is 11.5 Å². The van der Waals surface area contributed by atoms with Gasteiger partial charge in [-0.2, -0.15) is 5.10 Å². The Morgan fingerprint density at radius 1 is 1.56 bits per heavy atom. The van der Waals surface area contributed by atoms with E-state index in [1.165, 1.54) is 25.7 Å². The fourth-order valence-electron chi connectivity index (χ4n) is 2.81. The maximum Gasteiger partial charge on any atom is 0.183 e. The molecule has 0 aliphatic heterocycles. The molecule has 1 saturated carbocycles. The molecule has 0 spiro atoms. The van der Waals surface area contributed by atoms with Crippen LogP contribution in [0, 0.1) is 5.41 Å². The van der Waals surface area contributed by atoms with Gasteiger partial charge in [0.1, 0.15) is 6.33 Å². The molecule has 0 radical (unpaired) electrons. The second kappa shape index (κ2) is 6.06. The van der Waals surface area contributed by atoms with E-state index in [0.717, 1.165) is 11.7 Å². The zero-order chi connectivity index (χ0) is 13.0. The Bertz CT molecular complexity index is 350. The average molecular weight is 268 g/mol. The van der Waals surface area contributed by atoms with Crippen LogP contribution < -0.4 is 5.32 Å². The Balaban J connectivity index is 2.05. The summed E-state index contributed by atoms with van der Waals surface area (Å²) in [5.74, 6) is 0. The van der Waals surface area contributed by atoms with E-state index in [-0.39, 0.29) is 0 Å². The largest absolute Gasteiger partial charge is 0.312 e. The first-order valence-corrected chi connectivity index (χ1v) is 7.77. The van der Waals surface area contributed by atoms with Gasteiger partial charge < -0.3 is 5.32 Å². The highest BCUT2D eigenvalue weighted by molar-refractivity contribution is 7.99. The summed E-state index contributed by atoms with van der Waals surface area (Å²) in [7, 11) is 0. The molecule has 0 amide bonds. The van der Waals surface area contributed by atoms with E-state index in [1.54, 1.807) is 6.33 Å². The first-order chi connectivity index (χ1) is 8.63. The predicted molar refractivity (Wildman–Crippen MR) is 75.7 cm³/mol. The summed E-state index contributed by atoms with van der Waals surface area (Å²) in [4.78, 5) is 4.24. The van der Waals surface area contributed by atoms with Crippen LogP contribution in [-0.2, 0) is 0 Å². The van der Waals surface area contributed by atoms with Gasteiger partial charge in [0, 0.05) is 11.3 Å². The molecule has 4 nitrogen and oxygen atoms in total. The minimum Gasteiger partial charge on any atom is -0.312 e. The van der Waals surface area contributed by atoms with Gasteiger partial charge in [0.05, 0.1) is 0 Å². The molecular formula is C13H24N4S. The molecule has 0 saturated heterocycles. The number of H-pyrrole nitrogens is 1. The van der Waals surface area contributed by atoms with Gasteiger partial charge in [-0.25, -0.2) is 4.98 Å². The van der Waals surface area contributed by atoms with Crippen molar-refractivity contribution in [3.05, 3.63) is 6.33 Å². The third kappa shape index (κ3) is 3.26. The quantitative estimate of drug-likeness (QED) is 0.862. The van der Waals surface area contributed by atoms with E-state index in [9.17, 15) is 0 Å². The highest BCUT2D eigenvalue weighted by Crippen LogP contribution is 2.42. The van der Waals surface area contributed by atoms with Crippen LogP contribution in [0.5, 0.6) is 0 Å². The molecule has 1 aliphatic carbocycles. The van der Waals surface area contributed by atoms with Gasteiger partial charge in [-0.15, -0.1) is 0 Å². The Morgan fingerprint density at radius 3 is 3.06 bits per heavy atom. The molecule has 18 heavy (non-hydrogen) atoms. The lowest BCUT2D eigenvalue weighted by Gasteiger charge is -2.44. The van der Waals surface area contributed by atoms with Crippen LogP contribution in [0.3, 0.4) is 0 Å². The van der Waals surface area contributed by atoms with Gasteiger partial charge >= 0.3 is 0 Å². The lowest BCUT2D eigenvalue weighted by atomic mass is 9.73. The van der Waals surface area contributed by atoms with Crippen molar-refractivity contribution < 1.29 is 0 Å². The standard InChI is InChI=1S/C13H24N4S/c1-4-8-14-11-10(6-5-7-13(11,2)3)18-12-15-9-16-17-12/h9-11,14H,4-8H2,1-3H3,(H,15,16,17). The summed E-state index contributed by atoms with van der Waals surface area (Å²) in [6.45, 7) is 8.09. The molecule has 2 N–H and O–H groups in total. The van der Waals surface area contributed by atoms with E-state index in [1.807, 2.05) is 11.8 Å². The zero-order valence-corrected chi connectivity index (χ0v) is 12.4. The van der Waals surface area contributed by atoms with E-state index in [0.29, 0.717) is 16.7 Å². The van der Waals surface area contributed by atoms with Gasteiger partial charge in [0.15, 0.2) is 5.16 Å². The normalized spacial score (nSPS) is 27.3. The lowest BCUT2D eigenvalue weighted by Crippen LogP contribution is -2.51. The van der Waals surface area contributed by atoms with Crippen LogP contribution in [0.2, 0.25) is 0 Å². The SMILES string of the molecule is CCCNC1C(Sc2ncn[nH]2)CCCC1(C)C. The smallest absolute Gasteiger partial charge is 0.183 e. The Labute approximate surface area is 114 Å². The van der Waals surface area contributed by atoms with E-state index in [2.05, 4.69) is 41.3 Å². The molecule has 2 atom stereocenters. The van der Waals surface area contributed by atoms with Crippen LogP contribution in [0.25, 0.3) is 0 Å². The molecule has 1 aromatic heterocycles. The summed E-state index contributed by atoms with van der Waals surface area (Å²) >= 11 is 1.84. The van der Waals surface area contributed by atoms with Crippen molar-refractivity contribution in [2.45, 2.75) is 62.9 Å². The fraction of sp³-hybridized carbons (Fsp3) is 0.846. The van der Waals surface area contributed by atoms with Crippen LogP contribution in [-0.4, -0.2) is 33.0 Å². The molecule has 1 heterocycles. The number of aromatic nitrogens is 3. The van der Waals surface area contributed by atoms with Crippen molar-refractivity contribution in [1.29, 1.82) is 0 Å². The number of hydrogen-bond donors (Lipinski definition) is 2. The number of nitrogens with one attached hydrogen (secondary N) is 2. The van der Waals surface area contributed by atoms with Crippen LogP contribution in [0.1, 0.15) is 46.5 Å². The average Bonchev–Trinajstić information content (AvgIpc) is 2.80. The maximum atomic E-state index is 4.24. The van der Waals surface area contributed by atoms with Gasteiger partial charge in [-0.3, -0.25) is 5.10 Å². The van der Waals surface area contributed by atoms with Gasteiger partial charge in [0.2, 0.25) is 0 Å². The Morgan fingerprint density at radius 2 is 2.39 bits per heavy atom. The fourth-order valence-corrected chi connectivity index (χ4v) is 4.20. The zero-order valence-electron chi connectivity index (χ0n) is 11.6. The maximum absolute atomic E-state index is 4.24. The molecule has 1 aromatic rings. The number of aromatic amines is 1. The third-order valence-corrected chi connectivity index (χ3v) is 5.02. The van der Waals surface area contributed by atoms with Gasteiger partial charge in [-0.1, -0.05) is 39.0 Å². The molecule has 5 heteroatoms.